The molecule has 15 heavy (non-hydrogen) atoms. The number of unbranched alkanes of at least 4 members (excludes halogenated alkanes) is 3. The van der Waals surface area contributed by atoms with Gasteiger partial charge in [0.2, 0.25) is 0 Å². The van der Waals surface area contributed by atoms with Crippen molar-refractivity contribution in [3.8, 4) is 0 Å². The van der Waals surface area contributed by atoms with Crippen LogP contribution in [0, 0.1) is 5.92 Å². The van der Waals surface area contributed by atoms with Crippen LogP contribution in [0.2, 0.25) is 0 Å². The summed E-state index contributed by atoms with van der Waals surface area (Å²) in [5, 5.41) is 18.2. The fourth-order valence-electron chi connectivity index (χ4n) is 1.36. The minimum Gasteiger partial charge on any atom is -0.481 e. The van der Waals surface area contributed by atoms with Gasteiger partial charge in [0.15, 0.2) is 0 Å². The van der Waals surface area contributed by atoms with E-state index in [4.69, 9.17) is 10.2 Å². The number of hydrogen-bond acceptors (Lipinski definition) is 2. The van der Waals surface area contributed by atoms with Crippen molar-refractivity contribution in [1.29, 1.82) is 0 Å². The lowest BCUT2D eigenvalue weighted by molar-refractivity contribution is -0.148. The molecule has 0 rings (SSSR count). The minimum atomic E-state index is -1.04. The van der Waals surface area contributed by atoms with E-state index in [1.807, 2.05) is 0 Å². The summed E-state index contributed by atoms with van der Waals surface area (Å²) in [7, 11) is 0. The third-order valence-electron chi connectivity index (χ3n) is 2.21. The standard InChI is InChI=1S/C10H17BrO4/c11-6-4-2-1-3-5-8(10(14)15)7-9(12)13/h8H,1-7H2,(H,12,13)(H,14,15). The highest BCUT2D eigenvalue weighted by Crippen LogP contribution is 2.15. The summed E-state index contributed by atoms with van der Waals surface area (Å²) in [5.74, 6) is -2.77. The second kappa shape index (κ2) is 8.71. The molecule has 0 aromatic rings. The number of alkyl halides is 1. The van der Waals surface area contributed by atoms with Crippen LogP contribution >= 0.6 is 15.9 Å². The predicted octanol–water partition coefficient (Wildman–Crippen LogP) is 2.51. The second-order valence-electron chi connectivity index (χ2n) is 3.52. The van der Waals surface area contributed by atoms with Crippen LogP contribution in [0.15, 0.2) is 0 Å². The van der Waals surface area contributed by atoms with Crippen molar-refractivity contribution in [3.63, 3.8) is 0 Å². The molecule has 0 aromatic carbocycles. The Morgan fingerprint density at radius 3 is 2.13 bits per heavy atom. The van der Waals surface area contributed by atoms with Crippen molar-refractivity contribution in [2.45, 2.75) is 38.5 Å². The van der Waals surface area contributed by atoms with Gasteiger partial charge in [-0.3, -0.25) is 9.59 Å². The van der Waals surface area contributed by atoms with Crippen molar-refractivity contribution in [3.05, 3.63) is 0 Å². The number of hydrogen-bond donors (Lipinski definition) is 2. The van der Waals surface area contributed by atoms with Gasteiger partial charge in [0.1, 0.15) is 0 Å². The molecule has 0 radical (unpaired) electrons. The first kappa shape index (κ1) is 14.4. The topological polar surface area (TPSA) is 74.6 Å². The monoisotopic (exact) mass is 280 g/mol. The van der Waals surface area contributed by atoms with Crippen molar-refractivity contribution in [2.24, 2.45) is 5.92 Å². The number of carbonyl (C=O) groups is 2. The fraction of sp³-hybridized carbons (Fsp3) is 0.800. The van der Waals surface area contributed by atoms with E-state index in [1.165, 1.54) is 0 Å². The maximum Gasteiger partial charge on any atom is 0.307 e. The summed E-state index contributed by atoms with van der Waals surface area (Å²) in [5.41, 5.74) is 0. The van der Waals surface area contributed by atoms with Gasteiger partial charge in [-0.25, -0.2) is 0 Å². The van der Waals surface area contributed by atoms with Gasteiger partial charge in [0.25, 0.3) is 0 Å². The van der Waals surface area contributed by atoms with Crippen molar-refractivity contribution in [1.82, 2.24) is 0 Å². The molecule has 0 fully saturated rings. The zero-order valence-corrected chi connectivity index (χ0v) is 10.2. The average Bonchev–Trinajstić information content (AvgIpc) is 2.15. The fourth-order valence-corrected chi connectivity index (χ4v) is 1.76. The molecule has 1 unspecified atom stereocenters. The van der Waals surface area contributed by atoms with E-state index in [2.05, 4.69) is 15.9 Å². The van der Waals surface area contributed by atoms with E-state index in [0.717, 1.165) is 31.0 Å². The summed E-state index contributed by atoms with van der Waals surface area (Å²) in [6, 6.07) is 0. The Labute approximate surface area is 97.8 Å². The quantitative estimate of drug-likeness (QED) is 0.503. The first-order chi connectivity index (χ1) is 7.07. The number of carboxylic acids is 2. The number of aliphatic carboxylic acids is 2. The lowest BCUT2D eigenvalue weighted by Gasteiger charge is -2.08. The number of carboxylic acid groups (broad SMARTS) is 2. The Balaban J connectivity index is 3.67. The highest BCUT2D eigenvalue weighted by molar-refractivity contribution is 9.09. The molecule has 5 heteroatoms. The maximum absolute atomic E-state index is 10.7. The minimum absolute atomic E-state index is 0.270. The molecule has 88 valence electrons. The number of rotatable bonds is 9. The first-order valence-corrected chi connectivity index (χ1v) is 6.20. The predicted molar refractivity (Wildman–Crippen MR) is 60.3 cm³/mol. The van der Waals surface area contributed by atoms with E-state index in [1.54, 1.807) is 0 Å². The highest BCUT2D eigenvalue weighted by Gasteiger charge is 2.19. The van der Waals surface area contributed by atoms with Crippen LogP contribution < -0.4 is 0 Å². The Morgan fingerprint density at radius 1 is 1.07 bits per heavy atom. The van der Waals surface area contributed by atoms with E-state index in [9.17, 15) is 9.59 Å². The summed E-state index contributed by atoms with van der Waals surface area (Å²) in [6.45, 7) is 0. The molecule has 1 atom stereocenters. The van der Waals surface area contributed by atoms with Gasteiger partial charge in [0.05, 0.1) is 12.3 Å². The van der Waals surface area contributed by atoms with E-state index >= 15 is 0 Å². The first-order valence-electron chi connectivity index (χ1n) is 5.08. The van der Waals surface area contributed by atoms with Crippen LogP contribution in [0.4, 0.5) is 0 Å². The molecule has 4 nitrogen and oxygen atoms in total. The van der Waals surface area contributed by atoms with Crippen LogP contribution in [-0.2, 0) is 9.59 Å². The van der Waals surface area contributed by atoms with Crippen molar-refractivity contribution >= 4 is 27.9 Å². The summed E-state index contributed by atoms with van der Waals surface area (Å²) >= 11 is 3.31. The third-order valence-corrected chi connectivity index (χ3v) is 2.77. The van der Waals surface area contributed by atoms with Gasteiger partial charge in [0, 0.05) is 5.33 Å². The molecule has 0 saturated heterocycles. The van der Waals surface area contributed by atoms with Gasteiger partial charge in [-0.1, -0.05) is 35.2 Å². The maximum atomic E-state index is 10.7. The lowest BCUT2D eigenvalue weighted by Crippen LogP contribution is -2.17. The van der Waals surface area contributed by atoms with Crippen LogP contribution in [0.1, 0.15) is 38.5 Å². The Hall–Kier alpha value is -0.580. The van der Waals surface area contributed by atoms with Crippen molar-refractivity contribution < 1.29 is 19.8 Å². The molecule has 2 N–H and O–H groups in total. The van der Waals surface area contributed by atoms with Gasteiger partial charge >= 0.3 is 11.9 Å². The molecule has 0 amide bonds. The molecule has 0 aliphatic rings. The second-order valence-corrected chi connectivity index (χ2v) is 4.32. The van der Waals surface area contributed by atoms with Crippen LogP contribution in [-0.4, -0.2) is 27.5 Å². The normalized spacial score (nSPS) is 12.3. The average molecular weight is 281 g/mol. The molecule has 0 aliphatic carbocycles. The Morgan fingerprint density at radius 2 is 1.67 bits per heavy atom. The van der Waals surface area contributed by atoms with E-state index in [0.29, 0.717) is 6.42 Å². The van der Waals surface area contributed by atoms with Gasteiger partial charge in [-0.2, -0.15) is 0 Å². The third kappa shape index (κ3) is 8.42. The molecule has 0 aliphatic heterocycles. The van der Waals surface area contributed by atoms with Crippen molar-refractivity contribution in [2.75, 3.05) is 5.33 Å². The molecule has 0 spiro atoms. The van der Waals surface area contributed by atoms with Gasteiger partial charge in [-0.05, 0) is 12.8 Å². The SMILES string of the molecule is O=C(O)CC(CCCCCCBr)C(=O)O. The van der Waals surface area contributed by atoms with Gasteiger partial charge in [-0.15, -0.1) is 0 Å². The van der Waals surface area contributed by atoms with Gasteiger partial charge < -0.3 is 10.2 Å². The zero-order valence-electron chi connectivity index (χ0n) is 8.62. The van der Waals surface area contributed by atoms with Crippen LogP contribution in [0.25, 0.3) is 0 Å². The van der Waals surface area contributed by atoms with Crippen LogP contribution in [0.3, 0.4) is 0 Å². The van der Waals surface area contributed by atoms with E-state index < -0.39 is 17.9 Å². The van der Waals surface area contributed by atoms with Crippen LogP contribution in [0.5, 0.6) is 0 Å². The Kier molecular flexibility index (Phi) is 8.37. The summed E-state index contributed by atoms with van der Waals surface area (Å²) < 4.78 is 0. The molecule has 0 saturated carbocycles. The molecular weight excluding hydrogens is 264 g/mol. The Bertz CT molecular complexity index is 206. The molecule has 0 aromatic heterocycles. The highest BCUT2D eigenvalue weighted by atomic mass is 79.9. The lowest BCUT2D eigenvalue weighted by atomic mass is 9.98. The largest absolute Gasteiger partial charge is 0.481 e. The summed E-state index contributed by atoms with van der Waals surface area (Å²) in [6.07, 6.45) is 4.09. The molecule has 0 heterocycles. The smallest absolute Gasteiger partial charge is 0.307 e. The summed E-state index contributed by atoms with van der Waals surface area (Å²) in [4.78, 5) is 21.1. The molecular formula is C10H17BrO4. The van der Waals surface area contributed by atoms with E-state index in [-0.39, 0.29) is 6.42 Å². The zero-order chi connectivity index (χ0) is 11.7. The number of halogens is 1. The molecule has 0 bridgehead atoms.